The molecule has 8 atom stereocenters. The van der Waals surface area contributed by atoms with Crippen LogP contribution < -0.4 is 0 Å². The highest BCUT2D eigenvalue weighted by molar-refractivity contribution is 5.33. The summed E-state index contributed by atoms with van der Waals surface area (Å²) in [5.41, 5.74) is -7.10. The Morgan fingerprint density at radius 1 is 1.00 bits per heavy atom. The third-order valence-electron chi connectivity index (χ3n) is 7.53. The number of hydrogen-bond acceptors (Lipinski definition) is 7. The molecule has 1 spiro atoms. The second kappa shape index (κ2) is 3.54. The molecule has 3 saturated heterocycles. The number of aliphatic hydroxyl groups excluding tert-OH is 1. The Labute approximate surface area is 128 Å². The molecule has 0 aromatic carbocycles. The monoisotopic (exact) mass is 316 g/mol. The zero-order valence-corrected chi connectivity index (χ0v) is 13.0. The highest BCUT2D eigenvalue weighted by atomic mass is 16.8. The van der Waals surface area contributed by atoms with Gasteiger partial charge in [-0.25, -0.2) is 0 Å². The second-order valence-electron chi connectivity index (χ2n) is 8.22. The van der Waals surface area contributed by atoms with Crippen molar-refractivity contribution >= 4 is 0 Å². The minimum atomic E-state index is -2.34. The maximum atomic E-state index is 11.6. The summed E-state index contributed by atoms with van der Waals surface area (Å²) in [5.74, 6) is -2.34. The Balaban J connectivity index is 2.07. The summed E-state index contributed by atoms with van der Waals surface area (Å²) >= 11 is 0. The van der Waals surface area contributed by atoms with Gasteiger partial charge in [-0.1, -0.05) is 6.92 Å². The van der Waals surface area contributed by atoms with Crippen molar-refractivity contribution in [1.29, 1.82) is 0 Å². The van der Waals surface area contributed by atoms with Gasteiger partial charge in [-0.05, 0) is 33.1 Å². The van der Waals surface area contributed by atoms with Gasteiger partial charge in [-0.2, -0.15) is 0 Å². The van der Waals surface area contributed by atoms with Crippen molar-refractivity contribution in [3.8, 4) is 0 Å². The van der Waals surface area contributed by atoms with Crippen molar-refractivity contribution in [3.05, 3.63) is 0 Å². The van der Waals surface area contributed by atoms with Gasteiger partial charge in [0.15, 0.2) is 0 Å². The first-order valence-electron chi connectivity index (χ1n) is 7.77. The van der Waals surface area contributed by atoms with Crippen LogP contribution in [0.2, 0.25) is 0 Å². The van der Waals surface area contributed by atoms with Crippen LogP contribution in [-0.2, 0) is 9.47 Å². The summed E-state index contributed by atoms with van der Waals surface area (Å²) < 4.78 is 10.9. The Morgan fingerprint density at radius 2 is 1.64 bits per heavy atom. The average Bonchev–Trinajstić information content (AvgIpc) is 2.58. The van der Waals surface area contributed by atoms with Gasteiger partial charge in [0.05, 0.1) is 40.3 Å². The van der Waals surface area contributed by atoms with E-state index in [4.69, 9.17) is 9.47 Å². The van der Waals surface area contributed by atoms with Gasteiger partial charge in [-0.3, -0.25) is 0 Å². The largest absolute Gasteiger partial charge is 0.389 e. The predicted molar refractivity (Wildman–Crippen MR) is 72.4 cm³/mol. The molecule has 22 heavy (non-hydrogen) atoms. The summed E-state index contributed by atoms with van der Waals surface area (Å²) in [5, 5.41) is 55.1. The molecule has 2 saturated carbocycles. The summed E-state index contributed by atoms with van der Waals surface area (Å²) in [4.78, 5) is 0. The molecule has 0 aromatic rings. The minimum absolute atomic E-state index is 0.0475. The van der Waals surface area contributed by atoms with Crippen molar-refractivity contribution in [2.45, 2.75) is 75.0 Å². The van der Waals surface area contributed by atoms with Gasteiger partial charge >= 0.3 is 5.97 Å². The van der Waals surface area contributed by atoms with Gasteiger partial charge in [0.1, 0.15) is 6.10 Å². The second-order valence-corrected chi connectivity index (χ2v) is 8.22. The lowest BCUT2D eigenvalue weighted by Crippen LogP contribution is -2.82. The normalized spacial score (nSPS) is 69.8. The van der Waals surface area contributed by atoms with Crippen molar-refractivity contribution in [3.63, 3.8) is 0 Å². The number of rotatable bonds is 0. The molecule has 0 aromatic heterocycles. The molecule has 8 unspecified atom stereocenters. The van der Waals surface area contributed by atoms with E-state index >= 15 is 0 Å². The molecule has 4 bridgehead atoms. The Kier molecular flexibility index (Phi) is 2.45. The molecular formula is C15H24O7. The molecule has 5 rings (SSSR count). The van der Waals surface area contributed by atoms with E-state index in [0.29, 0.717) is 0 Å². The maximum Gasteiger partial charge on any atom is 0.309 e. The van der Waals surface area contributed by atoms with Crippen molar-refractivity contribution in [2.75, 3.05) is 6.61 Å². The highest BCUT2D eigenvalue weighted by Crippen LogP contribution is 2.74. The summed E-state index contributed by atoms with van der Waals surface area (Å²) in [6, 6.07) is 0. The van der Waals surface area contributed by atoms with Crippen molar-refractivity contribution in [2.24, 2.45) is 10.8 Å². The third kappa shape index (κ3) is 1.14. The molecule has 7 nitrogen and oxygen atoms in total. The molecule has 3 heterocycles. The van der Waals surface area contributed by atoms with Crippen LogP contribution in [0, 0.1) is 10.8 Å². The molecule has 5 N–H and O–H groups in total. The molecule has 3 aliphatic heterocycles. The van der Waals surface area contributed by atoms with Gasteiger partial charge < -0.3 is 35.0 Å². The van der Waals surface area contributed by atoms with Crippen LogP contribution in [0.4, 0.5) is 0 Å². The first-order valence-corrected chi connectivity index (χ1v) is 7.77. The fourth-order valence-corrected chi connectivity index (χ4v) is 5.73. The van der Waals surface area contributed by atoms with Gasteiger partial charge in [-0.15, -0.1) is 0 Å². The predicted octanol–water partition coefficient (Wildman–Crippen LogP) is -1.15. The van der Waals surface area contributed by atoms with Crippen LogP contribution in [0.5, 0.6) is 0 Å². The molecule has 0 radical (unpaired) electrons. The van der Waals surface area contributed by atoms with E-state index < -0.39 is 45.8 Å². The fraction of sp³-hybridized carbons (Fsp3) is 1.00. The van der Waals surface area contributed by atoms with Crippen LogP contribution in [0.1, 0.15) is 40.0 Å². The minimum Gasteiger partial charge on any atom is -0.389 e. The molecular weight excluding hydrogens is 292 g/mol. The zero-order valence-electron chi connectivity index (χ0n) is 13.0. The molecule has 126 valence electrons. The number of aliphatic hydroxyl groups is 5. The van der Waals surface area contributed by atoms with E-state index in [1.807, 2.05) is 0 Å². The quantitative estimate of drug-likeness (QED) is 0.382. The van der Waals surface area contributed by atoms with E-state index in [0.717, 1.165) is 0 Å². The fourth-order valence-electron chi connectivity index (χ4n) is 5.73. The smallest absolute Gasteiger partial charge is 0.309 e. The third-order valence-corrected chi connectivity index (χ3v) is 7.53. The van der Waals surface area contributed by atoms with Gasteiger partial charge in [0, 0.05) is 0 Å². The van der Waals surface area contributed by atoms with E-state index in [1.165, 1.54) is 0 Å². The lowest BCUT2D eigenvalue weighted by Gasteiger charge is -2.67. The van der Waals surface area contributed by atoms with Crippen LogP contribution in [-0.4, -0.2) is 67.1 Å². The lowest BCUT2D eigenvalue weighted by molar-refractivity contribution is -0.465. The molecule has 5 aliphatic rings. The van der Waals surface area contributed by atoms with Crippen LogP contribution in [0.15, 0.2) is 0 Å². The molecule has 7 heteroatoms. The Morgan fingerprint density at radius 3 is 2.27 bits per heavy atom. The van der Waals surface area contributed by atoms with Gasteiger partial charge in [0.2, 0.25) is 0 Å². The maximum absolute atomic E-state index is 11.6. The number of hydrogen-bond donors (Lipinski definition) is 5. The van der Waals surface area contributed by atoms with Crippen LogP contribution >= 0.6 is 0 Å². The SMILES string of the molecule is CC1(O)CCC2(O)C3(C)COC4(O)OC(CC12C4O)C3(C)O. The summed E-state index contributed by atoms with van der Waals surface area (Å²) in [7, 11) is 0. The van der Waals surface area contributed by atoms with Crippen LogP contribution in [0.3, 0.4) is 0 Å². The Hall–Kier alpha value is -0.280. The average molecular weight is 316 g/mol. The van der Waals surface area contributed by atoms with E-state index in [1.54, 1.807) is 20.8 Å². The molecule has 2 aliphatic carbocycles. The first-order chi connectivity index (χ1) is 9.88. The highest BCUT2D eigenvalue weighted by Gasteiger charge is 2.87. The van der Waals surface area contributed by atoms with Crippen molar-refractivity contribution < 1.29 is 35.0 Å². The van der Waals surface area contributed by atoms with E-state index in [-0.39, 0.29) is 25.9 Å². The topological polar surface area (TPSA) is 120 Å². The lowest BCUT2D eigenvalue weighted by atomic mass is 9.43. The first kappa shape index (κ1) is 15.3. The molecule has 0 amide bonds. The standard InChI is InChI=1S/C15H24O7/c1-10-7-21-15(20)9(16)13(6-8(22-15)12(10,3)18)11(2,17)4-5-14(10,13)19/h8-9,16-20H,4-7H2,1-3H3. The number of fused-ring (bicyclic) bond motifs is 1. The van der Waals surface area contributed by atoms with Crippen molar-refractivity contribution in [1.82, 2.24) is 0 Å². The Bertz CT molecular complexity index is 548. The summed E-state index contributed by atoms with van der Waals surface area (Å²) in [6.45, 7) is 4.60. The van der Waals surface area contributed by atoms with Gasteiger partial charge in [0.25, 0.3) is 0 Å². The molecule has 5 fully saturated rings. The van der Waals surface area contributed by atoms with E-state index in [2.05, 4.69) is 0 Å². The van der Waals surface area contributed by atoms with E-state index in [9.17, 15) is 25.5 Å². The van der Waals surface area contributed by atoms with Crippen LogP contribution in [0.25, 0.3) is 0 Å². The summed E-state index contributed by atoms with van der Waals surface area (Å²) in [6.07, 6.45) is -1.97. The zero-order chi connectivity index (χ0) is 16.4. The number of ether oxygens (including phenoxy) is 2.